The molecule has 2 N–H and O–H groups in total. The lowest BCUT2D eigenvalue weighted by atomic mass is 9.75. The van der Waals surface area contributed by atoms with Crippen LogP contribution < -0.4 is 16.4 Å². The van der Waals surface area contributed by atoms with Crippen molar-refractivity contribution in [1.29, 1.82) is 0 Å². The Morgan fingerprint density at radius 2 is 1.84 bits per heavy atom. The van der Waals surface area contributed by atoms with Crippen LogP contribution in [-0.4, -0.2) is 39.5 Å². The summed E-state index contributed by atoms with van der Waals surface area (Å²) in [5.74, 6) is -1.76. The van der Waals surface area contributed by atoms with E-state index in [-0.39, 0.29) is 46.9 Å². The van der Waals surface area contributed by atoms with Crippen molar-refractivity contribution < 1.29 is 18.8 Å². The van der Waals surface area contributed by atoms with Crippen molar-refractivity contribution in [1.82, 2.24) is 20.4 Å². The maximum atomic E-state index is 13.6. The molecule has 2 fully saturated rings. The number of hydrogen-bond donors (Lipinski definition) is 2. The first-order chi connectivity index (χ1) is 17.6. The summed E-state index contributed by atoms with van der Waals surface area (Å²) in [5.41, 5.74) is 0.311. The highest BCUT2D eigenvalue weighted by Crippen LogP contribution is 2.59. The molecule has 2 saturated carbocycles. The van der Waals surface area contributed by atoms with Crippen LogP contribution in [0.1, 0.15) is 87.3 Å². The number of aromatic nitrogens is 2. The van der Waals surface area contributed by atoms with E-state index in [9.17, 15) is 19.2 Å². The van der Waals surface area contributed by atoms with E-state index in [2.05, 4.69) is 15.7 Å². The van der Waals surface area contributed by atoms with Crippen LogP contribution in [0, 0.1) is 23.2 Å². The highest BCUT2D eigenvalue weighted by atomic mass is 16.4. The van der Waals surface area contributed by atoms with E-state index in [1.165, 1.54) is 0 Å². The zero-order valence-corrected chi connectivity index (χ0v) is 22.2. The molecule has 0 bridgehead atoms. The quantitative estimate of drug-likeness (QED) is 0.471. The third-order valence-corrected chi connectivity index (χ3v) is 7.55. The summed E-state index contributed by atoms with van der Waals surface area (Å²) in [5, 5.41) is 10.2. The van der Waals surface area contributed by atoms with Gasteiger partial charge in [0.25, 0.3) is 11.8 Å². The molecule has 1 spiro atoms. The molecule has 1 aromatic heterocycles. The predicted molar refractivity (Wildman–Crippen MR) is 138 cm³/mol. The molecular weight excluding hydrogens is 472 g/mol. The number of carbonyl (C=O) groups excluding carboxylic acids is 3. The zero-order chi connectivity index (χ0) is 26.7. The fraction of sp³-hybridized carbons (Fsp3) is 0.607. The molecule has 2 unspecified atom stereocenters. The van der Waals surface area contributed by atoms with Gasteiger partial charge in [0.1, 0.15) is 0 Å². The smallest absolute Gasteiger partial charge is 0.384 e. The first kappa shape index (κ1) is 26.8. The van der Waals surface area contributed by atoms with Gasteiger partial charge in [0.15, 0.2) is 0 Å². The van der Waals surface area contributed by atoms with Gasteiger partial charge < -0.3 is 15.1 Å². The standard InChI is InChI=1S/C28H38N4O5/c1-17(2)14-21(23(33)26-31-32(16-18(3)4)27(36)37-26)29-25(35)20-12-8-9-13-28(20)15-22(28)30-24(34)19-10-6-5-7-11-19/h5-7,10-11,17-18,20-22H,8-9,12-16H2,1-4H3,(H,29,35)(H,30,34)/t20-,21?,22+,28?/m0/s1. The average Bonchev–Trinajstić information content (AvgIpc) is 3.38. The Morgan fingerprint density at radius 1 is 1.11 bits per heavy atom. The highest BCUT2D eigenvalue weighted by Gasteiger charge is 2.62. The van der Waals surface area contributed by atoms with Crippen molar-refractivity contribution in [3.05, 3.63) is 52.3 Å². The van der Waals surface area contributed by atoms with Crippen molar-refractivity contribution in [3.63, 3.8) is 0 Å². The van der Waals surface area contributed by atoms with E-state index in [1.54, 1.807) is 12.1 Å². The number of Topliss-reactive ketones (excluding diaryl/α,β-unsaturated/α-hetero) is 1. The van der Waals surface area contributed by atoms with Crippen LogP contribution in [0.5, 0.6) is 0 Å². The Bertz CT molecular complexity index is 1180. The molecule has 9 heteroatoms. The van der Waals surface area contributed by atoms with Crippen molar-refractivity contribution in [3.8, 4) is 0 Å². The van der Waals surface area contributed by atoms with E-state index >= 15 is 0 Å². The van der Waals surface area contributed by atoms with Gasteiger partial charge >= 0.3 is 5.76 Å². The summed E-state index contributed by atoms with van der Waals surface area (Å²) < 4.78 is 6.33. The molecule has 2 amide bonds. The predicted octanol–water partition coefficient (Wildman–Crippen LogP) is 3.58. The Hall–Kier alpha value is -3.23. The molecule has 200 valence electrons. The second-order valence-electron chi connectivity index (χ2n) is 11.4. The Morgan fingerprint density at radius 3 is 2.51 bits per heavy atom. The summed E-state index contributed by atoms with van der Waals surface area (Å²) in [6, 6.07) is 8.17. The van der Waals surface area contributed by atoms with Crippen LogP contribution in [0.4, 0.5) is 0 Å². The van der Waals surface area contributed by atoms with Gasteiger partial charge in [0, 0.05) is 22.9 Å². The van der Waals surface area contributed by atoms with Gasteiger partial charge in [-0.15, -0.1) is 5.10 Å². The molecule has 0 radical (unpaired) electrons. The number of ketones is 1. The number of nitrogens with one attached hydrogen (secondary N) is 2. The van der Waals surface area contributed by atoms with Gasteiger partial charge in [-0.25, -0.2) is 4.79 Å². The minimum Gasteiger partial charge on any atom is -0.384 e. The molecule has 1 heterocycles. The van der Waals surface area contributed by atoms with E-state index in [4.69, 9.17) is 4.42 Å². The van der Waals surface area contributed by atoms with Gasteiger partial charge in [-0.3, -0.25) is 14.4 Å². The zero-order valence-electron chi connectivity index (χ0n) is 22.2. The SMILES string of the molecule is CC(C)CC(NC(=O)[C@@H]1CCCCC12C[C@H]2NC(=O)c1ccccc1)C(=O)c1nn(CC(C)C)c(=O)o1. The first-order valence-corrected chi connectivity index (χ1v) is 13.4. The lowest BCUT2D eigenvalue weighted by molar-refractivity contribution is -0.129. The normalized spacial score (nSPS) is 23.7. The number of nitrogens with zero attached hydrogens (tertiary/aromatic N) is 2. The van der Waals surface area contributed by atoms with Crippen LogP contribution in [0.3, 0.4) is 0 Å². The van der Waals surface area contributed by atoms with E-state index in [0.29, 0.717) is 24.9 Å². The number of carbonyl (C=O) groups is 3. The maximum Gasteiger partial charge on any atom is 0.437 e. The maximum absolute atomic E-state index is 13.6. The van der Waals surface area contributed by atoms with Crippen LogP contribution in [-0.2, 0) is 11.3 Å². The minimum absolute atomic E-state index is 0.0692. The Kier molecular flexibility index (Phi) is 7.99. The lowest BCUT2D eigenvalue weighted by Gasteiger charge is -2.33. The first-order valence-electron chi connectivity index (χ1n) is 13.4. The molecule has 0 aliphatic heterocycles. The largest absolute Gasteiger partial charge is 0.437 e. The monoisotopic (exact) mass is 510 g/mol. The number of amides is 2. The molecule has 37 heavy (non-hydrogen) atoms. The van der Waals surface area contributed by atoms with Crippen molar-refractivity contribution in [2.24, 2.45) is 23.2 Å². The van der Waals surface area contributed by atoms with Crippen molar-refractivity contribution >= 4 is 17.6 Å². The fourth-order valence-corrected chi connectivity index (χ4v) is 5.66. The molecule has 4 atom stereocenters. The Labute approximate surface area is 217 Å². The highest BCUT2D eigenvalue weighted by molar-refractivity contribution is 5.99. The van der Waals surface area contributed by atoms with Crippen molar-refractivity contribution in [2.75, 3.05) is 0 Å². The van der Waals surface area contributed by atoms with Crippen LogP contribution in [0.2, 0.25) is 0 Å². The van der Waals surface area contributed by atoms with Gasteiger partial charge in [-0.05, 0) is 49.7 Å². The summed E-state index contributed by atoms with van der Waals surface area (Å²) in [6.45, 7) is 8.17. The summed E-state index contributed by atoms with van der Waals surface area (Å²) >= 11 is 0. The van der Waals surface area contributed by atoms with E-state index in [0.717, 1.165) is 30.4 Å². The molecule has 4 rings (SSSR count). The van der Waals surface area contributed by atoms with Crippen LogP contribution in [0.25, 0.3) is 0 Å². The number of benzene rings is 1. The van der Waals surface area contributed by atoms with Crippen molar-refractivity contribution in [2.45, 2.75) is 84.8 Å². The van der Waals surface area contributed by atoms with Gasteiger partial charge in [0.05, 0.1) is 12.6 Å². The topological polar surface area (TPSA) is 123 Å². The molecule has 1 aromatic carbocycles. The van der Waals surface area contributed by atoms with Crippen LogP contribution in [0.15, 0.2) is 39.5 Å². The fourth-order valence-electron chi connectivity index (χ4n) is 5.66. The molecule has 2 aliphatic carbocycles. The molecular formula is C28H38N4O5. The molecule has 2 aromatic rings. The third-order valence-electron chi connectivity index (χ3n) is 7.55. The number of hydrogen-bond acceptors (Lipinski definition) is 6. The van der Waals surface area contributed by atoms with E-state index < -0.39 is 17.6 Å². The average molecular weight is 511 g/mol. The number of rotatable bonds is 10. The van der Waals surface area contributed by atoms with Crippen LogP contribution >= 0.6 is 0 Å². The second-order valence-corrected chi connectivity index (χ2v) is 11.4. The molecule has 9 nitrogen and oxygen atoms in total. The Balaban J connectivity index is 1.47. The van der Waals surface area contributed by atoms with Gasteiger partial charge in [0.2, 0.25) is 11.7 Å². The molecule has 2 aliphatic rings. The van der Waals surface area contributed by atoms with Gasteiger partial charge in [-0.1, -0.05) is 58.7 Å². The lowest BCUT2D eigenvalue weighted by Crippen LogP contribution is -2.48. The molecule has 0 saturated heterocycles. The summed E-state index contributed by atoms with van der Waals surface area (Å²) in [4.78, 5) is 51.8. The summed E-state index contributed by atoms with van der Waals surface area (Å²) in [7, 11) is 0. The van der Waals surface area contributed by atoms with E-state index in [1.807, 2.05) is 45.9 Å². The summed E-state index contributed by atoms with van der Waals surface area (Å²) in [6.07, 6.45) is 4.66. The second kappa shape index (κ2) is 11.0. The third kappa shape index (κ3) is 6.02. The van der Waals surface area contributed by atoms with Gasteiger partial charge in [-0.2, -0.15) is 4.68 Å². The minimum atomic E-state index is -0.840.